The molecule has 0 unspecified atom stereocenters. The highest BCUT2D eigenvalue weighted by molar-refractivity contribution is 6.02. The number of amides is 2. The van der Waals surface area contributed by atoms with E-state index in [1.54, 1.807) is 30.3 Å². The lowest BCUT2D eigenvalue weighted by Gasteiger charge is -2.08. The number of ether oxygens (including phenoxy) is 1. The zero-order chi connectivity index (χ0) is 24.6. The fourth-order valence-corrected chi connectivity index (χ4v) is 3.50. The third kappa shape index (κ3) is 6.77. The SMILES string of the molecule is COc1ccc(CCC(=O)Nc2ccc(Cn3cnc(C(=O)Nc4cccc(F)c4)c3)cc2)cc1. The van der Waals surface area contributed by atoms with Gasteiger partial charge in [-0.15, -0.1) is 0 Å². The number of aromatic nitrogens is 2. The maximum atomic E-state index is 13.3. The minimum atomic E-state index is -0.426. The molecule has 4 rings (SSSR count). The van der Waals surface area contributed by atoms with Crippen molar-refractivity contribution in [3.8, 4) is 5.75 Å². The summed E-state index contributed by atoms with van der Waals surface area (Å²) in [6.45, 7) is 0.506. The molecule has 0 spiro atoms. The highest BCUT2D eigenvalue weighted by atomic mass is 19.1. The van der Waals surface area contributed by atoms with Gasteiger partial charge in [-0.25, -0.2) is 9.37 Å². The molecule has 7 nitrogen and oxygen atoms in total. The van der Waals surface area contributed by atoms with Crippen molar-refractivity contribution in [2.75, 3.05) is 17.7 Å². The number of carbonyl (C=O) groups is 2. The van der Waals surface area contributed by atoms with Gasteiger partial charge in [0.1, 0.15) is 17.3 Å². The van der Waals surface area contributed by atoms with Crippen molar-refractivity contribution in [1.29, 1.82) is 0 Å². The highest BCUT2D eigenvalue weighted by Gasteiger charge is 2.11. The third-order valence-corrected chi connectivity index (χ3v) is 5.35. The molecule has 8 heteroatoms. The Balaban J connectivity index is 1.27. The van der Waals surface area contributed by atoms with Gasteiger partial charge >= 0.3 is 0 Å². The van der Waals surface area contributed by atoms with Crippen molar-refractivity contribution in [3.63, 3.8) is 0 Å². The molecule has 1 heterocycles. The molecule has 0 fully saturated rings. The number of nitrogens with zero attached hydrogens (tertiary/aromatic N) is 2. The molecule has 0 saturated carbocycles. The molecule has 0 aliphatic carbocycles. The first-order valence-corrected chi connectivity index (χ1v) is 11.1. The van der Waals surface area contributed by atoms with Crippen LogP contribution in [-0.2, 0) is 17.8 Å². The first-order valence-electron chi connectivity index (χ1n) is 11.1. The quantitative estimate of drug-likeness (QED) is 0.363. The normalized spacial score (nSPS) is 10.6. The van der Waals surface area contributed by atoms with E-state index in [4.69, 9.17) is 4.74 Å². The minimum absolute atomic E-state index is 0.0582. The molecule has 3 aromatic carbocycles. The Hall–Kier alpha value is -4.46. The minimum Gasteiger partial charge on any atom is -0.497 e. The molecule has 0 atom stereocenters. The number of carbonyl (C=O) groups excluding carboxylic acids is 2. The van der Waals surface area contributed by atoms with Gasteiger partial charge in [0, 0.05) is 30.5 Å². The summed E-state index contributed by atoms with van der Waals surface area (Å²) in [7, 11) is 1.62. The van der Waals surface area contributed by atoms with Gasteiger partial charge in [0.25, 0.3) is 5.91 Å². The monoisotopic (exact) mass is 472 g/mol. The van der Waals surface area contributed by atoms with Crippen LogP contribution in [0.5, 0.6) is 5.75 Å². The van der Waals surface area contributed by atoms with Gasteiger partial charge in [0.15, 0.2) is 0 Å². The number of anilines is 2. The van der Waals surface area contributed by atoms with Crippen LogP contribution in [0.4, 0.5) is 15.8 Å². The van der Waals surface area contributed by atoms with Crippen LogP contribution in [0.25, 0.3) is 0 Å². The van der Waals surface area contributed by atoms with Crippen molar-refractivity contribution < 1.29 is 18.7 Å². The van der Waals surface area contributed by atoms with E-state index in [9.17, 15) is 14.0 Å². The van der Waals surface area contributed by atoms with Gasteiger partial charge in [-0.1, -0.05) is 30.3 Å². The molecule has 0 radical (unpaired) electrons. The number of aryl methyl sites for hydroxylation is 1. The van der Waals surface area contributed by atoms with Crippen LogP contribution >= 0.6 is 0 Å². The Morgan fingerprint density at radius 3 is 2.40 bits per heavy atom. The van der Waals surface area contributed by atoms with Gasteiger partial charge in [-0.2, -0.15) is 0 Å². The Labute approximate surface area is 202 Å². The highest BCUT2D eigenvalue weighted by Crippen LogP contribution is 2.15. The van der Waals surface area contributed by atoms with Crippen molar-refractivity contribution in [1.82, 2.24) is 9.55 Å². The van der Waals surface area contributed by atoms with E-state index >= 15 is 0 Å². The Kier molecular flexibility index (Phi) is 7.52. The molecule has 178 valence electrons. The Morgan fingerprint density at radius 2 is 1.69 bits per heavy atom. The lowest BCUT2D eigenvalue weighted by molar-refractivity contribution is -0.116. The molecule has 0 aliphatic heterocycles. The van der Waals surface area contributed by atoms with E-state index in [-0.39, 0.29) is 11.6 Å². The zero-order valence-corrected chi connectivity index (χ0v) is 19.2. The van der Waals surface area contributed by atoms with Crippen LogP contribution in [0.15, 0.2) is 85.3 Å². The molecule has 35 heavy (non-hydrogen) atoms. The van der Waals surface area contributed by atoms with E-state index in [0.29, 0.717) is 30.8 Å². The molecule has 0 bridgehead atoms. The van der Waals surface area contributed by atoms with E-state index in [1.807, 2.05) is 48.5 Å². The second-order valence-electron chi connectivity index (χ2n) is 7.99. The summed E-state index contributed by atoms with van der Waals surface area (Å²) in [5.74, 6) is -0.110. The van der Waals surface area contributed by atoms with Crippen molar-refractivity contribution in [2.24, 2.45) is 0 Å². The summed E-state index contributed by atoms with van der Waals surface area (Å²) >= 11 is 0. The first kappa shape index (κ1) is 23.7. The van der Waals surface area contributed by atoms with Crippen molar-refractivity contribution in [3.05, 3.63) is 108 Å². The standard InChI is InChI=1S/C27H25FN4O3/c1-35-24-12-7-19(8-13-24)9-14-26(33)30-22-10-5-20(6-11-22)16-32-17-25(29-18-32)27(34)31-23-4-2-3-21(28)15-23/h2-8,10-13,15,17-18H,9,14,16H2,1H3,(H,30,33)(H,31,34). The van der Waals surface area contributed by atoms with Crippen LogP contribution < -0.4 is 15.4 Å². The van der Waals surface area contributed by atoms with Gasteiger partial charge in [-0.05, 0) is 60.0 Å². The fraction of sp³-hybridized carbons (Fsp3) is 0.148. The number of halogens is 1. The number of nitrogens with one attached hydrogen (secondary N) is 2. The molecule has 2 N–H and O–H groups in total. The van der Waals surface area contributed by atoms with Crippen LogP contribution in [0, 0.1) is 5.82 Å². The zero-order valence-electron chi connectivity index (χ0n) is 19.2. The van der Waals surface area contributed by atoms with E-state index in [1.165, 1.54) is 18.2 Å². The second kappa shape index (κ2) is 11.1. The molecular formula is C27H25FN4O3. The smallest absolute Gasteiger partial charge is 0.275 e. The molecule has 4 aromatic rings. The lowest BCUT2D eigenvalue weighted by atomic mass is 10.1. The number of hydrogen-bond donors (Lipinski definition) is 2. The summed E-state index contributed by atoms with van der Waals surface area (Å²) in [4.78, 5) is 28.8. The second-order valence-corrected chi connectivity index (χ2v) is 7.99. The van der Waals surface area contributed by atoms with Crippen molar-refractivity contribution in [2.45, 2.75) is 19.4 Å². The topological polar surface area (TPSA) is 85.2 Å². The number of imidazole rings is 1. The molecule has 1 aromatic heterocycles. The maximum absolute atomic E-state index is 13.3. The van der Waals surface area contributed by atoms with Gasteiger partial charge < -0.3 is 19.9 Å². The number of hydrogen-bond acceptors (Lipinski definition) is 4. The predicted octanol–water partition coefficient (Wildman–Crippen LogP) is 4.90. The molecular weight excluding hydrogens is 447 g/mol. The largest absolute Gasteiger partial charge is 0.497 e. The van der Waals surface area contributed by atoms with Crippen LogP contribution in [-0.4, -0.2) is 28.5 Å². The van der Waals surface area contributed by atoms with Crippen molar-refractivity contribution >= 4 is 23.2 Å². The summed E-state index contributed by atoms with van der Waals surface area (Å²) in [5.41, 5.74) is 3.37. The number of methoxy groups -OCH3 is 1. The van der Waals surface area contributed by atoms with Gasteiger partial charge in [-0.3, -0.25) is 9.59 Å². The predicted molar refractivity (Wildman–Crippen MR) is 132 cm³/mol. The Bertz CT molecular complexity index is 1300. The molecule has 0 aliphatic rings. The van der Waals surface area contributed by atoms with Crippen LogP contribution in [0.1, 0.15) is 28.0 Å². The lowest BCUT2D eigenvalue weighted by Crippen LogP contribution is -2.12. The number of rotatable bonds is 9. The fourth-order valence-electron chi connectivity index (χ4n) is 3.50. The summed E-state index contributed by atoms with van der Waals surface area (Å²) in [6.07, 6.45) is 4.21. The average Bonchev–Trinajstić information content (AvgIpc) is 3.33. The van der Waals surface area contributed by atoms with Gasteiger partial charge in [0.2, 0.25) is 5.91 Å². The molecule has 2 amide bonds. The van der Waals surface area contributed by atoms with Gasteiger partial charge in [0.05, 0.1) is 13.4 Å². The summed E-state index contributed by atoms with van der Waals surface area (Å²) in [6, 6.07) is 20.9. The third-order valence-electron chi connectivity index (χ3n) is 5.35. The maximum Gasteiger partial charge on any atom is 0.275 e. The molecule has 0 saturated heterocycles. The van der Waals surface area contributed by atoms with E-state index in [0.717, 1.165) is 16.9 Å². The van der Waals surface area contributed by atoms with E-state index in [2.05, 4.69) is 15.6 Å². The van der Waals surface area contributed by atoms with E-state index < -0.39 is 11.7 Å². The Morgan fingerprint density at radius 1 is 0.943 bits per heavy atom. The summed E-state index contributed by atoms with van der Waals surface area (Å²) in [5, 5.41) is 5.54. The average molecular weight is 473 g/mol. The van der Waals surface area contributed by atoms with Crippen LogP contribution in [0.2, 0.25) is 0 Å². The van der Waals surface area contributed by atoms with Crippen LogP contribution in [0.3, 0.4) is 0 Å². The first-order chi connectivity index (χ1) is 17.0. The summed E-state index contributed by atoms with van der Waals surface area (Å²) < 4.78 is 20.2. The number of benzene rings is 3.